The van der Waals surface area contributed by atoms with Crippen LogP contribution in [0, 0.1) is 13.8 Å². The molecule has 0 aliphatic rings. The summed E-state index contributed by atoms with van der Waals surface area (Å²) in [5.74, 6) is -1.42. The molecule has 1 aromatic carbocycles. The molecule has 2 N–H and O–H groups in total. The normalized spacial score (nSPS) is 10.7. The predicted octanol–water partition coefficient (Wildman–Crippen LogP) is 3.72. The quantitative estimate of drug-likeness (QED) is 0.747. The number of aryl methyl sites for hydroxylation is 3. The highest BCUT2D eigenvalue weighted by molar-refractivity contribution is 7.14. The number of hydrogen-bond donors (Lipinski definition) is 2. The number of nitrogens with zero attached hydrogens (tertiary/aromatic N) is 2. The average Bonchev–Trinajstić information content (AvgIpc) is 3.10. The van der Waals surface area contributed by atoms with Crippen molar-refractivity contribution in [3.8, 4) is 10.6 Å². The van der Waals surface area contributed by atoms with Gasteiger partial charge in [-0.3, -0.25) is 9.48 Å². The number of carbonyl (C=O) groups is 2. The van der Waals surface area contributed by atoms with E-state index in [1.165, 1.54) is 11.3 Å². The van der Waals surface area contributed by atoms with Crippen molar-refractivity contribution in [1.29, 1.82) is 0 Å². The molecule has 1 amide bonds. The first kappa shape index (κ1) is 16.9. The summed E-state index contributed by atoms with van der Waals surface area (Å²) in [5.41, 5.74) is 3.32. The SMILES string of the molecule is Cc1cccc(C(=O)Nc2csc(-c3cc(C)nn3C)c2C(=O)O)c1. The van der Waals surface area contributed by atoms with Gasteiger partial charge < -0.3 is 10.4 Å². The van der Waals surface area contributed by atoms with Gasteiger partial charge in [-0.1, -0.05) is 17.7 Å². The first-order valence-corrected chi connectivity index (χ1v) is 8.48. The molecule has 0 spiro atoms. The highest BCUT2D eigenvalue weighted by atomic mass is 32.1. The summed E-state index contributed by atoms with van der Waals surface area (Å²) in [5, 5.41) is 18.3. The molecule has 0 aliphatic carbocycles. The minimum Gasteiger partial charge on any atom is -0.478 e. The largest absolute Gasteiger partial charge is 0.478 e. The Labute approximate surface area is 148 Å². The molecule has 0 saturated carbocycles. The van der Waals surface area contributed by atoms with Crippen molar-refractivity contribution in [3.05, 3.63) is 58.1 Å². The highest BCUT2D eigenvalue weighted by Gasteiger charge is 2.23. The minimum absolute atomic E-state index is 0.0778. The molecule has 6 nitrogen and oxygen atoms in total. The molecular weight excluding hydrogens is 338 g/mol. The third kappa shape index (κ3) is 3.32. The van der Waals surface area contributed by atoms with Crippen molar-refractivity contribution in [2.45, 2.75) is 13.8 Å². The number of benzene rings is 1. The van der Waals surface area contributed by atoms with E-state index in [0.717, 1.165) is 11.3 Å². The molecule has 3 rings (SSSR count). The summed E-state index contributed by atoms with van der Waals surface area (Å²) in [7, 11) is 1.76. The highest BCUT2D eigenvalue weighted by Crippen LogP contribution is 2.36. The van der Waals surface area contributed by atoms with Crippen molar-refractivity contribution < 1.29 is 14.7 Å². The number of carboxylic acids is 1. The summed E-state index contributed by atoms with van der Waals surface area (Å²) in [6.07, 6.45) is 0. The predicted molar refractivity (Wildman–Crippen MR) is 97.3 cm³/mol. The second kappa shape index (κ2) is 6.52. The molecule has 0 bridgehead atoms. The van der Waals surface area contributed by atoms with E-state index >= 15 is 0 Å². The van der Waals surface area contributed by atoms with Crippen LogP contribution in [0.4, 0.5) is 5.69 Å². The van der Waals surface area contributed by atoms with Crippen LogP contribution in [0.2, 0.25) is 0 Å². The number of hydrogen-bond acceptors (Lipinski definition) is 4. The maximum absolute atomic E-state index is 12.4. The molecule has 128 valence electrons. The lowest BCUT2D eigenvalue weighted by atomic mass is 10.1. The monoisotopic (exact) mass is 355 g/mol. The topological polar surface area (TPSA) is 84.2 Å². The zero-order valence-electron chi connectivity index (χ0n) is 14.0. The van der Waals surface area contributed by atoms with E-state index in [1.54, 1.807) is 35.3 Å². The van der Waals surface area contributed by atoms with Crippen LogP contribution in [0.3, 0.4) is 0 Å². The van der Waals surface area contributed by atoms with Crippen LogP contribution in [0.15, 0.2) is 35.7 Å². The van der Waals surface area contributed by atoms with Gasteiger partial charge in [0.1, 0.15) is 5.56 Å². The summed E-state index contributed by atoms with van der Waals surface area (Å²) in [6.45, 7) is 3.74. The fourth-order valence-corrected chi connectivity index (χ4v) is 3.69. The van der Waals surface area contributed by atoms with Crippen molar-refractivity contribution in [2.24, 2.45) is 7.05 Å². The number of nitrogens with one attached hydrogen (secondary N) is 1. The Kier molecular flexibility index (Phi) is 4.41. The van der Waals surface area contributed by atoms with Crippen molar-refractivity contribution in [2.75, 3.05) is 5.32 Å². The molecule has 7 heteroatoms. The Hall–Kier alpha value is -2.93. The third-order valence-corrected chi connectivity index (χ3v) is 4.77. The molecule has 0 radical (unpaired) electrons. The second-order valence-corrected chi connectivity index (χ2v) is 6.66. The van der Waals surface area contributed by atoms with Gasteiger partial charge in [-0.25, -0.2) is 4.79 Å². The number of amides is 1. The summed E-state index contributed by atoms with van der Waals surface area (Å²) in [6, 6.07) is 8.96. The van der Waals surface area contributed by atoms with Crippen LogP contribution < -0.4 is 5.32 Å². The molecule has 0 aliphatic heterocycles. The molecule has 0 atom stereocenters. The Balaban J connectivity index is 1.99. The lowest BCUT2D eigenvalue weighted by molar-refractivity contribution is 0.0699. The Morgan fingerprint density at radius 2 is 2.00 bits per heavy atom. The fraction of sp³-hybridized carbons (Fsp3) is 0.167. The number of anilines is 1. The fourth-order valence-electron chi connectivity index (χ4n) is 2.65. The van der Waals surface area contributed by atoms with Gasteiger partial charge in [-0.2, -0.15) is 5.10 Å². The zero-order chi connectivity index (χ0) is 18.1. The second-order valence-electron chi connectivity index (χ2n) is 5.78. The molecule has 0 unspecified atom stereocenters. The molecule has 2 aromatic heterocycles. The molecule has 3 aromatic rings. The van der Waals surface area contributed by atoms with Crippen LogP contribution in [-0.4, -0.2) is 26.8 Å². The van der Waals surface area contributed by atoms with E-state index in [9.17, 15) is 14.7 Å². The molecule has 0 fully saturated rings. The Bertz CT molecular complexity index is 972. The molecule has 0 saturated heterocycles. The van der Waals surface area contributed by atoms with Gasteiger partial charge in [0.15, 0.2) is 0 Å². The van der Waals surface area contributed by atoms with Gasteiger partial charge in [0.05, 0.1) is 22.0 Å². The molecule has 25 heavy (non-hydrogen) atoms. The van der Waals surface area contributed by atoms with E-state index in [4.69, 9.17) is 0 Å². The van der Waals surface area contributed by atoms with E-state index in [2.05, 4.69) is 10.4 Å². The van der Waals surface area contributed by atoms with Crippen LogP contribution >= 0.6 is 11.3 Å². The van der Waals surface area contributed by atoms with Gasteiger partial charge in [-0.15, -0.1) is 11.3 Å². The van der Waals surface area contributed by atoms with Crippen LogP contribution in [-0.2, 0) is 7.05 Å². The summed E-state index contributed by atoms with van der Waals surface area (Å²) < 4.78 is 1.64. The van der Waals surface area contributed by atoms with Crippen LogP contribution in [0.1, 0.15) is 32.0 Å². The maximum Gasteiger partial charge on any atom is 0.339 e. The van der Waals surface area contributed by atoms with Gasteiger partial charge in [0.25, 0.3) is 5.91 Å². The average molecular weight is 355 g/mol. The molecule has 2 heterocycles. The van der Waals surface area contributed by atoms with E-state index in [0.29, 0.717) is 16.1 Å². The van der Waals surface area contributed by atoms with E-state index in [-0.39, 0.29) is 17.2 Å². The first-order valence-electron chi connectivity index (χ1n) is 7.60. The summed E-state index contributed by atoms with van der Waals surface area (Å²) >= 11 is 1.27. The number of aromatic nitrogens is 2. The Morgan fingerprint density at radius 3 is 2.60 bits per heavy atom. The number of rotatable bonds is 4. The number of carboxylic acid groups (broad SMARTS) is 1. The lowest BCUT2D eigenvalue weighted by Gasteiger charge is -2.07. The van der Waals surface area contributed by atoms with E-state index < -0.39 is 5.97 Å². The Morgan fingerprint density at radius 1 is 1.24 bits per heavy atom. The third-order valence-electron chi connectivity index (χ3n) is 3.77. The van der Waals surface area contributed by atoms with Crippen LogP contribution in [0.25, 0.3) is 10.6 Å². The van der Waals surface area contributed by atoms with Gasteiger partial charge in [-0.05, 0) is 32.0 Å². The number of carbonyl (C=O) groups excluding carboxylic acids is 1. The smallest absolute Gasteiger partial charge is 0.339 e. The first-order chi connectivity index (χ1) is 11.9. The lowest BCUT2D eigenvalue weighted by Crippen LogP contribution is -2.14. The van der Waals surface area contributed by atoms with Crippen molar-refractivity contribution in [1.82, 2.24) is 9.78 Å². The van der Waals surface area contributed by atoms with Crippen molar-refractivity contribution in [3.63, 3.8) is 0 Å². The van der Waals surface area contributed by atoms with Crippen LogP contribution in [0.5, 0.6) is 0 Å². The van der Waals surface area contributed by atoms with Crippen molar-refractivity contribution >= 4 is 28.9 Å². The number of aromatic carboxylic acids is 1. The molecular formula is C18H17N3O3S. The number of thiophene rings is 1. The van der Waals surface area contributed by atoms with Gasteiger partial charge >= 0.3 is 5.97 Å². The summed E-state index contributed by atoms with van der Waals surface area (Å²) in [4.78, 5) is 24.8. The zero-order valence-corrected chi connectivity index (χ0v) is 14.8. The van der Waals surface area contributed by atoms with Gasteiger partial charge in [0.2, 0.25) is 0 Å². The minimum atomic E-state index is -1.09. The maximum atomic E-state index is 12.4. The standard InChI is InChI=1S/C18H17N3O3S/c1-10-5-4-6-12(7-10)17(22)19-13-9-25-16(15(13)18(23)24)14-8-11(2)20-21(14)3/h4-9H,1-3H3,(H,19,22)(H,23,24). The van der Waals surface area contributed by atoms with Gasteiger partial charge in [0, 0.05) is 18.0 Å². The van der Waals surface area contributed by atoms with E-state index in [1.807, 2.05) is 26.0 Å².